The summed E-state index contributed by atoms with van der Waals surface area (Å²) in [6, 6.07) is 2.18. The Balaban J connectivity index is 2.90. The lowest BCUT2D eigenvalue weighted by molar-refractivity contribution is 0.943. The second-order valence-electron chi connectivity index (χ2n) is 3.31. The molecule has 2 nitrogen and oxygen atoms in total. The smallest absolute Gasteiger partial charge is 0.139 e. The highest BCUT2D eigenvalue weighted by atomic mass is 15.0. The summed E-state index contributed by atoms with van der Waals surface area (Å²) in [6.07, 6.45) is 4.01. The number of aryl methyl sites for hydroxylation is 3. The third-order valence-electron chi connectivity index (χ3n) is 2.15. The molecule has 12 heavy (non-hydrogen) atoms. The molecular weight excluding hydrogens is 148 g/mol. The zero-order valence-corrected chi connectivity index (χ0v) is 7.63. The molecule has 0 spiro atoms. The van der Waals surface area contributed by atoms with Gasteiger partial charge in [0.15, 0.2) is 0 Å². The van der Waals surface area contributed by atoms with E-state index in [9.17, 15) is 0 Å². The van der Waals surface area contributed by atoms with E-state index in [1.165, 1.54) is 16.5 Å². The van der Waals surface area contributed by atoms with Crippen molar-refractivity contribution in [2.45, 2.75) is 13.8 Å². The Kier molecular flexibility index (Phi) is 1.43. The molecule has 0 unspecified atom stereocenters. The molecule has 2 aromatic rings. The molecular formula is C10H12N2. The molecule has 62 valence electrons. The van der Waals surface area contributed by atoms with Crippen LogP contribution in [0.15, 0.2) is 18.5 Å². The van der Waals surface area contributed by atoms with Crippen LogP contribution in [0, 0.1) is 13.8 Å². The molecule has 0 amide bonds. The fourth-order valence-corrected chi connectivity index (χ4v) is 1.55. The van der Waals surface area contributed by atoms with Crippen LogP contribution >= 0.6 is 0 Å². The number of nitrogens with zero attached hydrogens (tertiary/aromatic N) is 2. The topological polar surface area (TPSA) is 17.8 Å². The van der Waals surface area contributed by atoms with Gasteiger partial charge in [0.1, 0.15) is 5.65 Å². The lowest BCUT2D eigenvalue weighted by Crippen LogP contribution is -1.87. The maximum Gasteiger partial charge on any atom is 0.139 e. The number of aromatic nitrogens is 2. The molecule has 0 saturated heterocycles. The SMILES string of the molecule is Cc1cnc2c(c1)c(C)cn2C. The fraction of sp³-hybridized carbons (Fsp3) is 0.300. The summed E-state index contributed by atoms with van der Waals surface area (Å²) in [5, 5.41) is 1.26. The Labute approximate surface area is 71.8 Å². The molecule has 0 aliphatic rings. The molecule has 2 aromatic heterocycles. The van der Waals surface area contributed by atoms with Crippen LogP contribution in [0.1, 0.15) is 11.1 Å². The van der Waals surface area contributed by atoms with Gasteiger partial charge < -0.3 is 4.57 Å². The van der Waals surface area contributed by atoms with Crippen molar-refractivity contribution < 1.29 is 0 Å². The molecule has 0 radical (unpaired) electrons. The van der Waals surface area contributed by atoms with E-state index in [0.29, 0.717) is 0 Å². The molecule has 0 aromatic carbocycles. The molecule has 2 rings (SSSR count). The monoisotopic (exact) mass is 160 g/mol. The van der Waals surface area contributed by atoms with Gasteiger partial charge in [-0.3, -0.25) is 0 Å². The van der Waals surface area contributed by atoms with Crippen LogP contribution in [0.25, 0.3) is 11.0 Å². The minimum Gasteiger partial charge on any atom is -0.335 e. The summed E-state index contributed by atoms with van der Waals surface area (Å²) in [4.78, 5) is 4.36. The van der Waals surface area contributed by atoms with Gasteiger partial charge in [-0.25, -0.2) is 4.98 Å². The Morgan fingerprint density at radius 1 is 1.33 bits per heavy atom. The molecule has 0 aliphatic heterocycles. The minimum atomic E-state index is 1.07. The summed E-state index contributed by atoms with van der Waals surface area (Å²) < 4.78 is 2.06. The molecule has 0 saturated carbocycles. The number of pyridine rings is 1. The van der Waals surface area contributed by atoms with Gasteiger partial charge in [-0.15, -0.1) is 0 Å². The van der Waals surface area contributed by atoms with Crippen LogP contribution in [0.5, 0.6) is 0 Å². The van der Waals surface area contributed by atoms with E-state index >= 15 is 0 Å². The van der Waals surface area contributed by atoms with Gasteiger partial charge in [-0.2, -0.15) is 0 Å². The first-order chi connectivity index (χ1) is 5.68. The third kappa shape index (κ3) is 0.916. The highest BCUT2D eigenvalue weighted by molar-refractivity contribution is 5.80. The number of rotatable bonds is 0. The molecule has 0 fully saturated rings. The van der Waals surface area contributed by atoms with Crippen molar-refractivity contribution in [3.05, 3.63) is 29.6 Å². The second-order valence-corrected chi connectivity index (χ2v) is 3.31. The fourth-order valence-electron chi connectivity index (χ4n) is 1.55. The van der Waals surface area contributed by atoms with Gasteiger partial charge >= 0.3 is 0 Å². The van der Waals surface area contributed by atoms with Crippen LogP contribution in [-0.4, -0.2) is 9.55 Å². The van der Waals surface area contributed by atoms with Crippen molar-refractivity contribution in [1.82, 2.24) is 9.55 Å². The first-order valence-corrected chi connectivity index (χ1v) is 4.07. The summed E-state index contributed by atoms with van der Waals surface area (Å²) in [6.45, 7) is 4.18. The first kappa shape index (κ1) is 7.35. The first-order valence-electron chi connectivity index (χ1n) is 4.07. The van der Waals surface area contributed by atoms with Crippen molar-refractivity contribution >= 4 is 11.0 Å². The lowest BCUT2D eigenvalue weighted by atomic mass is 10.2. The Bertz CT molecular complexity index is 427. The average Bonchev–Trinajstić information content (AvgIpc) is 2.28. The van der Waals surface area contributed by atoms with Crippen molar-refractivity contribution in [3.8, 4) is 0 Å². The predicted octanol–water partition coefficient (Wildman–Crippen LogP) is 2.19. The van der Waals surface area contributed by atoms with Crippen molar-refractivity contribution in [1.29, 1.82) is 0 Å². The molecule has 2 heterocycles. The molecule has 0 N–H and O–H groups in total. The third-order valence-corrected chi connectivity index (χ3v) is 2.15. The van der Waals surface area contributed by atoms with Gasteiger partial charge in [0.2, 0.25) is 0 Å². The van der Waals surface area contributed by atoms with Gasteiger partial charge in [0.05, 0.1) is 0 Å². The average molecular weight is 160 g/mol. The van der Waals surface area contributed by atoms with Gasteiger partial charge in [0.25, 0.3) is 0 Å². The van der Waals surface area contributed by atoms with E-state index in [1.54, 1.807) is 0 Å². The Morgan fingerprint density at radius 2 is 2.08 bits per heavy atom. The summed E-state index contributed by atoms with van der Waals surface area (Å²) in [5.41, 5.74) is 3.58. The largest absolute Gasteiger partial charge is 0.335 e. The quantitative estimate of drug-likeness (QED) is 0.577. The maximum atomic E-state index is 4.36. The van der Waals surface area contributed by atoms with Crippen molar-refractivity contribution in [2.24, 2.45) is 7.05 Å². The highest BCUT2D eigenvalue weighted by Gasteiger charge is 2.02. The summed E-state index contributed by atoms with van der Waals surface area (Å²) in [5.74, 6) is 0. The number of fused-ring (bicyclic) bond motifs is 1. The van der Waals surface area contributed by atoms with Gasteiger partial charge in [-0.05, 0) is 31.0 Å². The summed E-state index contributed by atoms with van der Waals surface area (Å²) in [7, 11) is 2.03. The lowest BCUT2D eigenvalue weighted by Gasteiger charge is -1.95. The van der Waals surface area contributed by atoms with Crippen LogP contribution in [0.2, 0.25) is 0 Å². The molecule has 0 atom stereocenters. The van der Waals surface area contributed by atoms with E-state index in [2.05, 4.69) is 35.7 Å². The van der Waals surface area contributed by atoms with Crippen molar-refractivity contribution in [2.75, 3.05) is 0 Å². The standard InChI is InChI=1S/C10H12N2/c1-7-4-9-8(2)6-12(3)10(9)11-5-7/h4-6H,1-3H3. The Morgan fingerprint density at radius 3 is 2.83 bits per heavy atom. The zero-order valence-electron chi connectivity index (χ0n) is 7.63. The van der Waals surface area contributed by atoms with Crippen LogP contribution in [-0.2, 0) is 7.05 Å². The van der Waals surface area contributed by atoms with Gasteiger partial charge in [0, 0.05) is 24.8 Å². The number of hydrogen-bond donors (Lipinski definition) is 0. The second kappa shape index (κ2) is 2.34. The van der Waals surface area contributed by atoms with Gasteiger partial charge in [-0.1, -0.05) is 0 Å². The van der Waals surface area contributed by atoms with Crippen LogP contribution < -0.4 is 0 Å². The highest BCUT2D eigenvalue weighted by Crippen LogP contribution is 2.18. The molecule has 2 heteroatoms. The van der Waals surface area contributed by atoms with Crippen LogP contribution in [0.3, 0.4) is 0 Å². The predicted molar refractivity (Wildman–Crippen MR) is 50.2 cm³/mol. The number of hydrogen-bond acceptors (Lipinski definition) is 1. The maximum absolute atomic E-state index is 4.36. The van der Waals surface area contributed by atoms with E-state index in [1.807, 2.05) is 13.2 Å². The normalized spacial score (nSPS) is 10.9. The Hall–Kier alpha value is -1.31. The summed E-state index contributed by atoms with van der Waals surface area (Å²) >= 11 is 0. The minimum absolute atomic E-state index is 1.07. The van der Waals surface area contributed by atoms with Crippen LogP contribution in [0.4, 0.5) is 0 Å². The molecule has 0 bridgehead atoms. The van der Waals surface area contributed by atoms with E-state index in [-0.39, 0.29) is 0 Å². The molecule has 0 aliphatic carbocycles. The van der Waals surface area contributed by atoms with Crippen molar-refractivity contribution in [3.63, 3.8) is 0 Å². The van der Waals surface area contributed by atoms with E-state index < -0.39 is 0 Å². The van der Waals surface area contributed by atoms with E-state index in [4.69, 9.17) is 0 Å². The zero-order chi connectivity index (χ0) is 8.72. The van der Waals surface area contributed by atoms with E-state index in [0.717, 1.165) is 5.65 Å².